The zero-order valence-electron chi connectivity index (χ0n) is 12.9. The van der Waals surface area contributed by atoms with Gasteiger partial charge in [-0.25, -0.2) is 0 Å². The molecule has 1 amide bonds. The standard InChI is InChI=1S/C18H19Cl2NO2/c1-13-11-15(8-9-16(13)19)23-12-18(22)21-10-4-6-14-5-2-3-7-17(14)20/h2-3,5,7-9,11H,4,6,10,12H2,1H3,(H,21,22). The van der Waals surface area contributed by atoms with Crippen molar-refractivity contribution in [1.29, 1.82) is 0 Å². The van der Waals surface area contributed by atoms with E-state index in [0.29, 0.717) is 17.3 Å². The predicted molar refractivity (Wildman–Crippen MR) is 94.5 cm³/mol. The van der Waals surface area contributed by atoms with E-state index < -0.39 is 0 Å². The summed E-state index contributed by atoms with van der Waals surface area (Å²) in [4.78, 5) is 11.8. The van der Waals surface area contributed by atoms with Crippen LogP contribution >= 0.6 is 23.2 Å². The number of carbonyl (C=O) groups is 1. The third kappa shape index (κ3) is 5.77. The number of hydrogen-bond acceptors (Lipinski definition) is 2. The van der Waals surface area contributed by atoms with Crippen molar-refractivity contribution >= 4 is 29.1 Å². The number of halogens is 2. The number of carbonyl (C=O) groups excluding carboxylic acids is 1. The van der Waals surface area contributed by atoms with Crippen LogP contribution in [0.2, 0.25) is 10.0 Å². The van der Waals surface area contributed by atoms with Crippen LogP contribution in [0.3, 0.4) is 0 Å². The van der Waals surface area contributed by atoms with Gasteiger partial charge < -0.3 is 10.1 Å². The summed E-state index contributed by atoms with van der Waals surface area (Å²) >= 11 is 12.0. The SMILES string of the molecule is Cc1cc(OCC(=O)NCCCc2ccccc2Cl)ccc1Cl. The molecule has 0 aliphatic rings. The van der Waals surface area contributed by atoms with Gasteiger partial charge >= 0.3 is 0 Å². The fourth-order valence-electron chi connectivity index (χ4n) is 2.11. The van der Waals surface area contributed by atoms with E-state index in [4.69, 9.17) is 27.9 Å². The van der Waals surface area contributed by atoms with Gasteiger partial charge in [0.2, 0.25) is 0 Å². The summed E-state index contributed by atoms with van der Waals surface area (Å²) in [5, 5.41) is 4.28. The Kier molecular flexibility index (Phi) is 6.75. The summed E-state index contributed by atoms with van der Waals surface area (Å²) in [5.41, 5.74) is 2.01. The second-order valence-corrected chi connectivity index (χ2v) is 6.06. The quantitative estimate of drug-likeness (QED) is 0.749. The van der Waals surface area contributed by atoms with Gasteiger partial charge in [0.15, 0.2) is 6.61 Å². The van der Waals surface area contributed by atoms with Crippen LogP contribution in [0.1, 0.15) is 17.5 Å². The van der Waals surface area contributed by atoms with Crippen LogP contribution in [0.25, 0.3) is 0 Å². The first kappa shape index (κ1) is 17.6. The predicted octanol–water partition coefficient (Wildman–Crippen LogP) is 4.43. The molecule has 0 aliphatic carbocycles. The van der Waals surface area contributed by atoms with Gasteiger partial charge in [0, 0.05) is 16.6 Å². The molecule has 3 nitrogen and oxygen atoms in total. The van der Waals surface area contributed by atoms with Crippen LogP contribution in [0.15, 0.2) is 42.5 Å². The van der Waals surface area contributed by atoms with Crippen molar-refractivity contribution in [2.24, 2.45) is 0 Å². The molecule has 0 spiro atoms. The molecule has 0 radical (unpaired) electrons. The first-order valence-electron chi connectivity index (χ1n) is 7.45. The molecular formula is C18H19Cl2NO2. The molecule has 0 heterocycles. The molecule has 0 fully saturated rings. The molecule has 2 aromatic carbocycles. The van der Waals surface area contributed by atoms with Crippen LogP contribution in [-0.4, -0.2) is 19.1 Å². The van der Waals surface area contributed by atoms with Gasteiger partial charge in [-0.3, -0.25) is 4.79 Å². The van der Waals surface area contributed by atoms with Gasteiger partial charge in [0.1, 0.15) is 5.75 Å². The van der Waals surface area contributed by atoms with Crippen molar-refractivity contribution in [3.05, 3.63) is 63.6 Å². The molecule has 0 unspecified atom stereocenters. The Morgan fingerprint density at radius 3 is 2.65 bits per heavy atom. The van der Waals surface area contributed by atoms with Crippen LogP contribution in [0.5, 0.6) is 5.75 Å². The van der Waals surface area contributed by atoms with E-state index in [2.05, 4.69) is 5.32 Å². The third-order valence-corrected chi connectivity index (χ3v) is 4.20. The maximum absolute atomic E-state index is 11.8. The lowest BCUT2D eigenvalue weighted by Gasteiger charge is -2.09. The van der Waals surface area contributed by atoms with Crippen molar-refractivity contribution in [2.75, 3.05) is 13.2 Å². The summed E-state index contributed by atoms with van der Waals surface area (Å²) < 4.78 is 5.45. The Bertz CT molecular complexity index is 674. The molecule has 0 aromatic heterocycles. The van der Waals surface area contributed by atoms with E-state index in [1.165, 1.54) is 0 Å². The molecule has 2 rings (SSSR count). The van der Waals surface area contributed by atoms with Crippen LogP contribution < -0.4 is 10.1 Å². The van der Waals surface area contributed by atoms with E-state index in [-0.39, 0.29) is 12.5 Å². The summed E-state index contributed by atoms with van der Waals surface area (Å²) in [5.74, 6) is 0.495. The number of ether oxygens (including phenoxy) is 1. The number of nitrogens with one attached hydrogen (secondary N) is 1. The average Bonchev–Trinajstić information content (AvgIpc) is 2.54. The number of aryl methyl sites for hydroxylation is 2. The highest BCUT2D eigenvalue weighted by Crippen LogP contribution is 2.21. The Morgan fingerprint density at radius 2 is 1.91 bits per heavy atom. The van der Waals surface area contributed by atoms with Gasteiger partial charge in [-0.2, -0.15) is 0 Å². The Balaban J connectivity index is 1.67. The van der Waals surface area contributed by atoms with Gasteiger partial charge in [-0.05, 0) is 55.2 Å². The minimum Gasteiger partial charge on any atom is -0.484 e. The van der Waals surface area contributed by atoms with Gasteiger partial charge in [0.05, 0.1) is 0 Å². The molecule has 23 heavy (non-hydrogen) atoms. The van der Waals surface area contributed by atoms with E-state index in [1.54, 1.807) is 12.1 Å². The normalized spacial score (nSPS) is 10.4. The van der Waals surface area contributed by atoms with Crippen molar-refractivity contribution in [1.82, 2.24) is 5.32 Å². The zero-order chi connectivity index (χ0) is 16.7. The minimum absolute atomic E-state index is 0.00678. The molecule has 0 saturated heterocycles. The maximum atomic E-state index is 11.8. The summed E-state index contributed by atoms with van der Waals surface area (Å²) in [7, 11) is 0. The van der Waals surface area contributed by atoms with Gasteiger partial charge in [0.25, 0.3) is 5.91 Å². The van der Waals surface area contributed by atoms with E-state index in [1.807, 2.05) is 37.3 Å². The van der Waals surface area contributed by atoms with Crippen molar-refractivity contribution in [3.63, 3.8) is 0 Å². The Labute approximate surface area is 146 Å². The average molecular weight is 352 g/mol. The van der Waals surface area contributed by atoms with Gasteiger partial charge in [-0.1, -0.05) is 41.4 Å². The highest BCUT2D eigenvalue weighted by atomic mass is 35.5. The molecule has 0 saturated carbocycles. The minimum atomic E-state index is -0.142. The molecule has 122 valence electrons. The van der Waals surface area contributed by atoms with Crippen LogP contribution in [-0.2, 0) is 11.2 Å². The van der Waals surface area contributed by atoms with Gasteiger partial charge in [-0.15, -0.1) is 0 Å². The molecule has 2 aromatic rings. The summed E-state index contributed by atoms with van der Waals surface area (Å²) in [6.45, 7) is 2.48. The van der Waals surface area contributed by atoms with Crippen molar-refractivity contribution in [3.8, 4) is 5.75 Å². The molecular weight excluding hydrogens is 333 g/mol. The first-order valence-corrected chi connectivity index (χ1v) is 8.21. The van der Waals surface area contributed by atoms with Crippen molar-refractivity contribution < 1.29 is 9.53 Å². The van der Waals surface area contributed by atoms with E-state index in [9.17, 15) is 4.79 Å². The largest absolute Gasteiger partial charge is 0.484 e. The topological polar surface area (TPSA) is 38.3 Å². The summed E-state index contributed by atoms with van der Waals surface area (Å²) in [6, 6.07) is 13.1. The second kappa shape index (κ2) is 8.80. The van der Waals surface area contributed by atoms with Crippen molar-refractivity contribution in [2.45, 2.75) is 19.8 Å². The first-order chi connectivity index (χ1) is 11.1. The molecule has 0 bridgehead atoms. The number of benzene rings is 2. The third-order valence-electron chi connectivity index (χ3n) is 3.40. The zero-order valence-corrected chi connectivity index (χ0v) is 14.5. The monoisotopic (exact) mass is 351 g/mol. The highest BCUT2D eigenvalue weighted by Gasteiger charge is 2.04. The van der Waals surface area contributed by atoms with E-state index in [0.717, 1.165) is 29.0 Å². The lowest BCUT2D eigenvalue weighted by Crippen LogP contribution is -2.29. The van der Waals surface area contributed by atoms with E-state index >= 15 is 0 Å². The highest BCUT2D eigenvalue weighted by molar-refractivity contribution is 6.31. The summed E-state index contributed by atoms with van der Waals surface area (Å²) in [6.07, 6.45) is 1.66. The lowest BCUT2D eigenvalue weighted by atomic mass is 10.1. The second-order valence-electron chi connectivity index (χ2n) is 5.24. The Hall–Kier alpha value is -1.71. The smallest absolute Gasteiger partial charge is 0.257 e. The number of rotatable bonds is 7. The Morgan fingerprint density at radius 1 is 1.13 bits per heavy atom. The molecule has 0 aliphatic heterocycles. The van der Waals surface area contributed by atoms with Crippen LogP contribution in [0.4, 0.5) is 0 Å². The fourth-order valence-corrected chi connectivity index (χ4v) is 2.46. The van der Waals surface area contributed by atoms with Crippen LogP contribution in [0, 0.1) is 6.92 Å². The fraction of sp³-hybridized carbons (Fsp3) is 0.278. The molecule has 0 atom stereocenters. The lowest BCUT2D eigenvalue weighted by molar-refractivity contribution is -0.123. The number of hydrogen-bond donors (Lipinski definition) is 1. The number of amides is 1. The maximum Gasteiger partial charge on any atom is 0.257 e. The molecule has 5 heteroatoms. The molecule has 1 N–H and O–H groups in total.